The zero-order valence-corrected chi connectivity index (χ0v) is 21.2. The molecule has 0 radical (unpaired) electrons. The fourth-order valence-corrected chi connectivity index (χ4v) is 2.96. The molecule has 5 amide bonds. The summed E-state index contributed by atoms with van der Waals surface area (Å²) in [6.45, 7) is 1.18. The molecular weight excluding hydrogens is 544 g/mol. The molecule has 0 saturated heterocycles. The van der Waals surface area contributed by atoms with Crippen molar-refractivity contribution in [1.82, 2.24) is 21.3 Å². The van der Waals surface area contributed by atoms with Crippen LogP contribution in [0.4, 0.5) is 0 Å². The van der Waals surface area contributed by atoms with Crippen LogP contribution in [0.5, 0.6) is 0 Å². The van der Waals surface area contributed by atoms with Gasteiger partial charge >= 0.3 is 23.9 Å². The van der Waals surface area contributed by atoms with E-state index in [1.54, 1.807) is 0 Å². The number of hydrogen-bond acceptors (Lipinski definition) is 10. The van der Waals surface area contributed by atoms with Crippen molar-refractivity contribution in [2.45, 2.75) is 75.7 Å². The van der Waals surface area contributed by atoms with Gasteiger partial charge in [-0.3, -0.25) is 43.2 Å². The number of rotatable bonds is 19. The Labute approximate surface area is 226 Å². The Morgan fingerprint density at radius 3 is 1.48 bits per heavy atom. The van der Waals surface area contributed by atoms with Crippen molar-refractivity contribution < 1.29 is 63.6 Å². The van der Waals surface area contributed by atoms with Crippen LogP contribution >= 0.6 is 0 Å². The molecule has 0 rings (SSSR count). The van der Waals surface area contributed by atoms with Gasteiger partial charge in [0, 0.05) is 12.8 Å². The lowest BCUT2D eigenvalue weighted by Gasteiger charge is -2.25. The highest BCUT2D eigenvalue weighted by atomic mass is 16.4. The van der Waals surface area contributed by atoms with Crippen LogP contribution in [0.25, 0.3) is 0 Å². The maximum Gasteiger partial charge on any atom is 0.305 e. The van der Waals surface area contributed by atoms with E-state index < -0.39 is 116 Å². The number of carbonyl (C=O) groups excluding carboxylic acids is 5. The summed E-state index contributed by atoms with van der Waals surface area (Å²) in [5, 5.41) is 43.9. The molecule has 19 heteroatoms. The Kier molecular flexibility index (Phi) is 14.9. The smallest absolute Gasteiger partial charge is 0.305 e. The molecule has 224 valence electrons. The number of nitrogens with two attached hydrogens (primary N) is 2. The molecule has 0 heterocycles. The Hall–Kier alpha value is -4.81. The summed E-state index contributed by atoms with van der Waals surface area (Å²) in [4.78, 5) is 105. The summed E-state index contributed by atoms with van der Waals surface area (Å²) in [5.74, 6) is -11.4. The number of carboxylic acid groups (broad SMARTS) is 4. The standard InChI is InChI=1S/C21H32N6O13/c1-8(24-19(38)9(22)2-4-13(28)29)18(37)25-10(3-5-14(30)31)20(39)27-12(7-16(34)35)21(40)26-11(17(23)36)6-15(32)33/h8-12H,2-7,22H2,1H3,(H2,23,36)(H,24,38)(H,25,37)(H,26,40)(H,27,39)(H,28,29)(H,30,31)(H,32,33)(H,34,35)/t8-,9-,10-,11-,12-/m0/s1. The molecule has 0 aliphatic heterocycles. The highest BCUT2D eigenvalue weighted by Crippen LogP contribution is 2.04. The van der Waals surface area contributed by atoms with Gasteiger partial charge in [-0.25, -0.2) is 0 Å². The summed E-state index contributed by atoms with van der Waals surface area (Å²) in [6, 6.07) is -7.97. The molecule has 5 atom stereocenters. The normalized spacial score (nSPS) is 14.2. The third kappa shape index (κ3) is 14.2. The molecule has 12 N–H and O–H groups in total. The first-order chi connectivity index (χ1) is 18.4. The van der Waals surface area contributed by atoms with Crippen molar-refractivity contribution in [2.24, 2.45) is 11.5 Å². The van der Waals surface area contributed by atoms with Crippen LogP contribution in [-0.2, 0) is 43.2 Å². The number of amides is 5. The molecule has 0 unspecified atom stereocenters. The zero-order valence-electron chi connectivity index (χ0n) is 21.2. The number of primary amides is 1. The number of aliphatic carboxylic acids is 4. The third-order valence-electron chi connectivity index (χ3n) is 5.09. The first-order valence-electron chi connectivity index (χ1n) is 11.6. The van der Waals surface area contributed by atoms with Crippen LogP contribution in [-0.4, -0.2) is 104 Å². The highest BCUT2D eigenvalue weighted by molar-refractivity contribution is 5.97. The molecule has 19 nitrogen and oxygen atoms in total. The van der Waals surface area contributed by atoms with Crippen LogP contribution in [0, 0.1) is 0 Å². The van der Waals surface area contributed by atoms with Gasteiger partial charge in [0.1, 0.15) is 24.2 Å². The van der Waals surface area contributed by atoms with Crippen LogP contribution < -0.4 is 32.7 Å². The minimum Gasteiger partial charge on any atom is -0.481 e. The molecule has 0 spiro atoms. The lowest BCUT2D eigenvalue weighted by atomic mass is 10.1. The van der Waals surface area contributed by atoms with Crippen molar-refractivity contribution in [3.8, 4) is 0 Å². The Morgan fingerprint density at radius 1 is 0.575 bits per heavy atom. The summed E-state index contributed by atoms with van der Waals surface area (Å²) < 4.78 is 0. The average Bonchev–Trinajstić information content (AvgIpc) is 2.82. The average molecular weight is 577 g/mol. The van der Waals surface area contributed by atoms with E-state index in [2.05, 4.69) is 10.6 Å². The second-order valence-corrected chi connectivity index (χ2v) is 8.48. The van der Waals surface area contributed by atoms with Crippen LogP contribution in [0.3, 0.4) is 0 Å². The van der Waals surface area contributed by atoms with Gasteiger partial charge in [-0.1, -0.05) is 0 Å². The molecule has 0 fully saturated rings. The van der Waals surface area contributed by atoms with E-state index in [4.69, 9.17) is 31.9 Å². The van der Waals surface area contributed by atoms with E-state index in [9.17, 15) is 43.2 Å². The van der Waals surface area contributed by atoms with Gasteiger partial charge < -0.3 is 53.2 Å². The minimum absolute atomic E-state index is 0.241. The number of carbonyl (C=O) groups is 9. The zero-order chi connectivity index (χ0) is 31.2. The summed E-state index contributed by atoms with van der Waals surface area (Å²) >= 11 is 0. The van der Waals surface area contributed by atoms with Gasteiger partial charge in [0.25, 0.3) is 0 Å². The molecule has 0 aliphatic rings. The Morgan fingerprint density at radius 2 is 1.00 bits per heavy atom. The van der Waals surface area contributed by atoms with Crippen LogP contribution in [0.1, 0.15) is 45.4 Å². The van der Waals surface area contributed by atoms with Crippen molar-refractivity contribution in [3.05, 3.63) is 0 Å². The predicted octanol–water partition coefficient (Wildman–Crippen LogP) is -4.56. The molecule has 0 aromatic rings. The van der Waals surface area contributed by atoms with Crippen molar-refractivity contribution in [3.63, 3.8) is 0 Å². The quantitative estimate of drug-likeness (QED) is 0.0692. The Bertz CT molecular complexity index is 1020. The topological polar surface area (TPSA) is 335 Å². The molecule has 0 saturated carbocycles. The predicted molar refractivity (Wildman–Crippen MR) is 129 cm³/mol. The van der Waals surface area contributed by atoms with Gasteiger partial charge in [0.05, 0.1) is 18.9 Å². The van der Waals surface area contributed by atoms with E-state index in [0.29, 0.717) is 0 Å². The maximum absolute atomic E-state index is 12.8. The minimum atomic E-state index is -1.91. The largest absolute Gasteiger partial charge is 0.481 e. The highest BCUT2D eigenvalue weighted by Gasteiger charge is 2.32. The molecule has 40 heavy (non-hydrogen) atoms. The molecular formula is C21H32N6O13. The monoisotopic (exact) mass is 576 g/mol. The summed E-state index contributed by atoms with van der Waals surface area (Å²) in [7, 11) is 0. The molecule has 0 bridgehead atoms. The summed E-state index contributed by atoms with van der Waals surface area (Å²) in [5.41, 5.74) is 10.6. The molecule has 0 aliphatic carbocycles. The lowest BCUT2D eigenvalue weighted by Crippen LogP contribution is -2.58. The SMILES string of the molecule is C[C@H](NC(=O)[C@@H](N)CCC(=O)O)C(=O)N[C@@H](CCC(=O)O)C(=O)N[C@@H](CC(=O)O)C(=O)N[C@@H](CC(=O)O)C(N)=O. The third-order valence-corrected chi connectivity index (χ3v) is 5.09. The number of nitrogens with one attached hydrogen (secondary N) is 4. The van der Waals surface area contributed by atoms with Crippen molar-refractivity contribution >= 4 is 53.4 Å². The summed E-state index contributed by atoms with van der Waals surface area (Å²) in [6.07, 6.45) is -3.89. The van der Waals surface area contributed by atoms with Crippen LogP contribution in [0.2, 0.25) is 0 Å². The van der Waals surface area contributed by atoms with E-state index in [0.717, 1.165) is 0 Å². The number of carboxylic acids is 4. The number of hydrogen-bond donors (Lipinski definition) is 10. The van der Waals surface area contributed by atoms with Gasteiger partial charge in [-0.15, -0.1) is 0 Å². The van der Waals surface area contributed by atoms with Crippen molar-refractivity contribution in [2.75, 3.05) is 0 Å². The first-order valence-corrected chi connectivity index (χ1v) is 11.6. The van der Waals surface area contributed by atoms with Gasteiger partial charge in [0.15, 0.2) is 0 Å². The van der Waals surface area contributed by atoms with E-state index in [-0.39, 0.29) is 6.42 Å². The van der Waals surface area contributed by atoms with Gasteiger partial charge in [0.2, 0.25) is 29.5 Å². The fourth-order valence-electron chi connectivity index (χ4n) is 2.96. The van der Waals surface area contributed by atoms with Gasteiger partial charge in [-0.05, 0) is 19.8 Å². The van der Waals surface area contributed by atoms with E-state index >= 15 is 0 Å². The maximum atomic E-state index is 12.8. The Balaban J connectivity index is 5.63. The fraction of sp³-hybridized carbons (Fsp3) is 0.571. The van der Waals surface area contributed by atoms with E-state index in [1.165, 1.54) is 6.92 Å². The van der Waals surface area contributed by atoms with Crippen molar-refractivity contribution in [1.29, 1.82) is 0 Å². The second kappa shape index (κ2) is 16.9. The lowest BCUT2D eigenvalue weighted by molar-refractivity contribution is -0.143. The molecule has 0 aromatic heterocycles. The van der Waals surface area contributed by atoms with E-state index in [1.807, 2.05) is 10.6 Å². The second-order valence-electron chi connectivity index (χ2n) is 8.48. The molecule has 0 aromatic carbocycles. The van der Waals surface area contributed by atoms with Gasteiger partial charge in [-0.2, -0.15) is 0 Å². The van der Waals surface area contributed by atoms with Crippen LogP contribution in [0.15, 0.2) is 0 Å². The first kappa shape index (κ1) is 35.2.